The van der Waals surface area contributed by atoms with Crippen molar-refractivity contribution in [2.75, 3.05) is 6.26 Å². The molecule has 0 fully saturated rings. The maximum Gasteiger partial charge on any atom is 0.0684 e. The SMILES string of the molecule is CSc1cc2ccc(CO)c(C)c2s1. The van der Waals surface area contributed by atoms with Crippen LogP contribution in [-0.4, -0.2) is 11.4 Å². The molecule has 0 amide bonds. The summed E-state index contributed by atoms with van der Waals surface area (Å²) in [5.41, 5.74) is 2.25. The van der Waals surface area contributed by atoms with Gasteiger partial charge in [-0.25, -0.2) is 0 Å². The second-order valence-corrected chi connectivity index (χ2v) is 5.35. The second-order valence-electron chi connectivity index (χ2n) is 3.20. The van der Waals surface area contributed by atoms with Crippen molar-refractivity contribution in [2.24, 2.45) is 0 Å². The van der Waals surface area contributed by atoms with Gasteiger partial charge in [0, 0.05) is 4.70 Å². The Bertz CT molecular complexity index is 460. The van der Waals surface area contributed by atoms with E-state index < -0.39 is 0 Å². The van der Waals surface area contributed by atoms with Crippen LogP contribution in [0, 0.1) is 6.92 Å². The van der Waals surface area contributed by atoms with Gasteiger partial charge in [-0.3, -0.25) is 0 Å². The van der Waals surface area contributed by atoms with E-state index in [1.807, 2.05) is 6.07 Å². The molecule has 1 aromatic heterocycles. The molecular weight excluding hydrogens is 212 g/mol. The predicted molar refractivity (Wildman–Crippen MR) is 64.3 cm³/mol. The summed E-state index contributed by atoms with van der Waals surface area (Å²) in [6, 6.07) is 6.30. The molecule has 2 aromatic rings. The van der Waals surface area contributed by atoms with Crippen molar-refractivity contribution in [3.05, 3.63) is 29.3 Å². The van der Waals surface area contributed by atoms with Crippen LogP contribution in [0.4, 0.5) is 0 Å². The number of aliphatic hydroxyl groups excluding tert-OH is 1. The summed E-state index contributed by atoms with van der Waals surface area (Å²) in [6.07, 6.45) is 2.09. The number of thiophene rings is 1. The fraction of sp³-hybridized carbons (Fsp3) is 0.273. The van der Waals surface area contributed by atoms with Crippen molar-refractivity contribution in [1.82, 2.24) is 0 Å². The lowest BCUT2D eigenvalue weighted by Crippen LogP contribution is -1.86. The zero-order valence-electron chi connectivity index (χ0n) is 8.20. The van der Waals surface area contributed by atoms with Gasteiger partial charge in [-0.15, -0.1) is 23.1 Å². The highest BCUT2D eigenvalue weighted by atomic mass is 32.2. The summed E-state index contributed by atoms with van der Waals surface area (Å²) in [7, 11) is 0. The molecule has 1 heterocycles. The van der Waals surface area contributed by atoms with Gasteiger partial charge < -0.3 is 5.11 Å². The monoisotopic (exact) mass is 224 g/mol. The molecule has 74 valence electrons. The minimum atomic E-state index is 0.133. The summed E-state index contributed by atoms with van der Waals surface area (Å²) in [5.74, 6) is 0. The van der Waals surface area contributed by atoms with E-state index in [0.29, 0.717) is 0 Å². The highest BCUT2D eigenvalue weighted by Crippen LogP contribution is 2.34. The van der Waals surface area contributed by atoms with Gasteiger partial charge in [0.05, 0.1) is 10.8 Å². The lowest BCUT2D eigenvalue weighted by atomic mass is 10.1. The zero-order valence-corrected chi connectivity index (χ0v) is 9.84. The molecular formula is C11H12OS2. The third-order valence-electron chi connectivity index (χ3n) is 2.40. The smallest absolute Gasteiger partial charge is 0.0684 e. The van der Waals surface area contributed by atoms with E-state index >= 15 is 0 Å². The molecule has 0 unspecified atom stereocenters. The predicted octanol–water partition coefficient (Wildman–Crippen LogP) is 3.42. The van der Waals surface area contributed by atoms with Crippen molar-refractivity contribution in [3.8, 4) is 0 Å². The molecule has 0 aliphatic carbocycles. The van der Waals surface area contributed by atoms with E-state index in [-0.39, 0.29) is 6.61 Å². The molecule has 0 radical (unpaired) electrons. The van der Waals surface area contributed by atoms with Gasteiger partial charge >= 0.3 is 0 Å². The molecule has 0 bridgehead atoms. The number of fused-ring (bicyclic) bond motifs is 1. The topological polar surface area (TPSA) is 20.2 Å². The first kappa shape index (κ1) is 10.0. The average Bonchev–Trinajstić information content (AvgIpc) is 2.62. The summed E-state index contributed by atoms with van der Waals surface area (Å²) >= 11 is 3.58. The van der Waals surface area contributed by atoms with Gasteiger partial charge in [0.2, 0.25) is 0 Å². The number of aliphatic hydroxyl groups is 1. The van der Waals surface area contributed by atoms with Crippen LogP contribution >= 0.6 is 23.1 Å². The third kappa shape index (κ3) is 1.56. The summed E-state index contributed by atoms with van der Waals surface area (Å²) < 4.78 is 2.64. The fourth-order valence-electron chi connectivity index (χ4n) is 1.53. The van der Waals surface area contributed by atoms with Crippen molar-refractivity contribution in [1.29, 1.82) is 0 Å². The number of aryl methyl sites for hydroxylation is 1. The zero-order chi connectivity index (χ0) is 10.1. The summed E-state index contributed by atoms with van der Waals surface area (Å²) in [4.78, 5) is 0. The van der Waals surface area contributed by atoms with Crippen molar-refractivity contribution >= 4 is 33.2 Å². The molecule has 2 rings (SSSR count). The third-order valence-corrected chi connectivity index (χ3v) is 4.73. The van der Waals surface area contributed by atoms with Gasteiger partial charge in [-0.05, 0) is 35.8 Å². The average molecular weight is 224 g/mol. The van der Waals surface area contributed by atoms with Gasteiger partial charge in [-0.2, -0.15) is 0 Å². The Morgan fingerprint density at radius 3 is 2.86 bits per heavy atom. The van der Waals surface area contributed by atoms with Gasteiger partial charge in [-0.1, -0.05) is 12.1 Å². The second kappa shape index (κ2) is 3.93. The van der Waals surface area contributed by atoms with Crippen molar-refractivity contribution < 1.29 is 5.11 Å². The van der Waals surface area contributed by atoms with Crippen LogP contribution in [0.5, 0.6) is 0 Å². The molecule has 0 aliphatic heterocycles. The van der Waals surface area contributed by atoms with Crippen LogP contribution in [0.2, 0.25) is 0 Å². The number of hydrogen-bond donors (Lipinski definition) is 1. The minimum absolute atomic E-state index is 0.133. The molecule has 1 aromatic carbocycles. The largest absolute Gasteiger partial charge is 0.392 e. The molecule has 14 heavy (non-hydrogen) atoms. The van der Waals surface area contributed by atoms with Crippen LogP contribution in [0.25, 0.3) is 10.1 Å². The number of hydrogen-bond acceptors (Lipinski definition) is 3. The Balaban J connectivity index is 2.68. The summed E-state index contributed by atoms with van der Waals surface area (Å²) in [6.45, 7) is 2.21. The maximum atomic E-state index is 9.14. The minimum Gasteiger partial charge on any atom is -0.392 e. The first-order valence-corrected chi connectivity index (χ1v) is 6.47. The molecule has 0 saturated carbocycles. The Hall–Kier alpha value is -0.510. The van der Waals surface area contributed by atoms with E-state index in [2.05, 4.69) is 25.3 Å². The molecule has 3 heteroatoms. The van der Waals surface area contributed by atoms with Gasteiger partial charge in [0.1, 0.15) is 0 Å². The van der Waals surface area contributed by atoms with Crippen LogP contribution in [0.1, 0.15) is 11.1 Å². The van der Waals surface area contributed by atoms with E-state index in [1.165, 1.54) is 19.9 Å². The van der Waals surface area contributed by atoms with E-state index in [9.17, 15) is 0 Å². The molecule has 1 nitrogen and oxygen atoms in total. The standard InChI is InChI=1S/C11H12OS2/c1-7-9(6-12)4-3-8-5-10(13-2)14-11(7)8/h3-5,12H,6H2,1-2H3. The highest BCUT2D eigenvalue weighted by Gasteiger charge is 2.06. The van der Waals surface area contributed by atoms with E-state index in [0.717, 1.165) is 5.56 Å². The van der Waals surface area contributed by atoms with Crippen LogP contribution in [0.3, 0.4) is 0 Å². The van der Waals surface area contributed by atoms with Crippen molar-refractivity contribution in [2.45, 2.75) is 17.7 Å². The first-order valence-electron chi connectivity index (χ1n) is 4.43. The highest BCUT2D eigenvalue weighted by molar-refractivity contribution is 8.00. The summed E-state index contributed by atoms with van der Waals surface area (Å²) in [5, 5.41) is 10.4. The fourth-order valence-corrected chi connectivity index (χ4v) is 3.28. The normalized spacial score (nSPS) is 11.1. The van der Waals surface area contributed by atoms with Crippen LogP contribution in [0.15, 0.2) is 22.4 Å². The number of rotatable bonds is 2. The Morgan fingerprint density at radius 2 is 2.21 bits per heavy atom. The first-order chi connectivity index (χ1) is 6.76. The Morgan fingerprint density at radius 1 is 1.43 bits per heavy atom. The van der Waals surface area contributed by atoms with Gasteiger partial charge in [0.25, 0.3) is 0 Å². The molecule has 1 N–H and O–H groups in total. The maximum absolute atomic E-state index is 9.14. The Kier molecular flexibility index (Phi) is 2.81. The van der Waals surface area contributed by atoms with Crippen LogP contribution < -0.4 is 0 Å². The van der Waals surface area contributed by atoms with Crippen molar-refractivity contribution in [3.63, 3.8) is 0 Å². The van der Waals surface area contributed by atoms with E-state index in [1.54, 1.807) is 23.1 Å². The lowest BCUT2D eigenvalue weighted by Gasteiger charge is -2.02. The molecule has 0 atom stereocenters. The molecule has 0 spiro atoms. The molecule has 0 saturated heterocycles. The lowest BCUT2D eigenvalue weighted by molar-refractivity contribution is 0.281. The Labute approximate surface area is 91.8 Å². The van der Waals surface area contributed by atoms with E-state index in [4.69, 9.17) is 5.11 Å². The number of benzene rings is 1. The molecule has 0 aliphatic rings. The number of thioether (sulfide) groups is 1. The van der Waals surface area contributed by atoms with Gasteiger partial charge in [0.15, 0.2) is 0 Å². The quantitative estimate of drug-likeness (QED) is 0.789. The van der Waals surface area contributed by atoms with Crippen LogP contribution in [-0.2, 0) is 6.61 Å².